The summed E-state index contributed by atoms with van der Waals surface area (Å²) in [6.07, 6.45) is 4.34. The van der Waals surface area contributed by atoms with Crippen LogP contribution in [0.2, 0.25) is 0 Å². The Kier molecular flexibility index (Phi) is 6.80. The SMILES string of the molecule is CC(C)CC(C)N(C)C(=O)CN1CCCCC1CO. The van der Waals surface area contributed by atoms with E-state index in [1.807, 2.05) is 11.9 Å². The van der Waals surface area contributed by atoms with Crippen LogP contribution in [0.5, 0.6) is 0 Å². The number of aliphatic hydroxyl groups is 1. The fourth-order valence-corrected chi connectivity index (χ4v) is 2.85. The number of rotatable bonds is 6. The van der Waals surface area contributed by atoms with Crippen LogP contribution in [0.25, 0.3) is 0 Å². The largest absolute Gasteiger partial charge is 0.395 e. The summed E-state index contributed by atoms with van der Waals surface area (Å²) < 4.78 is 0. The molecule has 1 aliphatic heterocycles. The van der Waals surface area contributed by atoms with Gasteiger partial charge in [-0.3, -0.25) is 9.69 Å². The number of likely N-dealkylation sites (tertiary alicyclic amines) is 1. The van der Waals surface area contributed by atoms with Gasteiger partial charge in [0.25, 0.3) is 0 Å². The van der Waals surface area contributed by atoms with Gasteiger partial charge in [-0.1, -0.05) is 20.3 Å². The molecule has 0 aromatic carbocycles. The van der Waals surface area contributed by atoms with Crippen LogP contribution in [-0.2, 0) is 4.79 Å². The first kappa shape index (κ1) is 16.4. The number of carbonyl (C=O) groups is 1. The van der Waals surface area contributed by atoms with E-state index in [1.54, 1.807) is 0 Å². The second-order valence-corrected chi connectivity index (χ2v) is 6.29. The normalized spacial score (nSPS) is 22.5. The van der Waals surface area contributed by atoms with Crippen molar-refractivity contribution in [3.05, 3.63) is 0 Å². The standard InChI is InChI=1S/C15H30N2O2/c1-12(2)9-13(3)16(4)15(19)10-17-8-6-5-7-14(17)11-18/h12-14,18H,5-11H2,1-4H3. The number of likely N-dealkylation sites (N-methyl/N-ethyl adjacent to an activating group) is 1. The molecule has 0 radical (unpaired) electrons. The third kappa shape index (κ3) is 5.11. The fraction of sp³-hybridized carbons (Fsp3) is 0.933. The van der Waals surface area contributed by atoms with Crippen molar-refractivity contribution in [3.8, 4) is 0 Å². The molecule has 1 saturated heterocycles. The van der Waals surface area contributed by atoms with E-state index in [1.165, 1.54) is 0 Å². The van der Waals surface area contributed by atoms with Crippen molar-refractivity contribution >= 4 is 5.91 Å². The minimum atomic E-state index is 0.165. The van der Waals surface area contributed by atoms with Crippen LogP contribution in [0.3, 0.4) is 0 Å². The van der Waals surface area contributed by atoms with Crippen molar-refractivity contribution in [1.29, 1.82) is 0 Å². The van der Waals surface area contributed by atoms with Gasteiger partial charge in [-0.2, -0.15) is 0 Å². The van der Waals surface area contributed by atoms with Gasteiger partial charge in [-0.15, -0.1) is 0 Å². The number of carbonyl (C=O) groups excluding carboxylic acids is 1. The minimum Gasteiger partial charge on any atom is -0.395 e. The Morgan fingerprint density at radius 2 is 2.05 bits per heavy atom. The number of aliphatic hydroxyl groups excluding tert-OH is 1. The first-order valence-corrected chi connectivity index (χ1v) is 7.56. The molecular weight excluding hydrogens is 240 g/mol. The molecule has 1 rings (SSSR count). The van der Waals surface area contributed by atoms with Gasteiger partial charge in [0.15, 0.2) is 0 Å². The van der Waals surface area contributed by atoms with E-state index >= 15 is 0 Å². The monoisotopic (exact) mass is 270 g/mol. The third-order valence-corrected chi connectivity index (χ3v) is 4.17. The van der Waals surface area contributed by atoms with Crippen molar-refractivity contribution in [1.82, 2.24) is 9.80 Å². The average molecular weight is 270 g/mol. The molecule has 0 spiro atoms. The lowest BCUT2D eigenvalue weighted by Gasteiger charge is -2.36. The van der Waals surface area contributed by atoms with Crippen LogP contribution < -0.4 is 0 Å². The summed E-state index contributed by atoms with van der Waals surface area (Å²) in [6, 6.07) is 0.455. The van der Waals surface area contributed by atoms with Crippen molar-refractivity contribution in [2.24, 2.45) is 5.92 Å². The molecule has 19 heavy (non-hydrogen) atoms. The van der Waals surface area contributed by atoms with Crippen LogP contribution in [-0.4, -0.2) is 59.6 Å². The smallest absolute Gasteiger partial charge is 0.236 e. The molecule has 0 bridgehead atoms. The van der Waals surface area contributed by atoms with Gasteiger partial charge in [0.1, 0.15) is 0 Å². The topological polar surface area (TPSA) is 43.8 Å². The summed E-state index contributed by atoms with van der Waals surface area (Å²) in [7, 11) is 1.90. The molecule has 4 nitrogen and oxygen atoms in total. The first-order chi connectivity index (χ1) is 8.95. The molecule has 0 aromatic rings. The molecule has 1 aliphatic rings. The summed E-state index contributed by atoms with van der Waals surface area (Å²) in [5.41, 5.74) is 0. The Morgan fingerprint density at radius 3 is 2.63 bits per heavy atom. The highest BCUT2D eigenvalue weighted by atomic mass is 16.3. The van der Waals surface area contributed by atoms with E-state index < -0.39 is 0 Å². The van der Waals surface area contributed by atoms with Gasteiger partial charge < -0.3 is 10.0 Å². The summed E-state index contributed by atoms with van der Waals surface area (Å²) in [4.78, 5) is 16.3. The van der Waals surface area contributed by atoms with Crippen LogP contribution >= 0.6 is 0 Å². The van der Waals surface area contributed by atoms with E-state index in [0.29, 0.717) is 12.5 Å². The number of nitrogens with zero attached hydrogens (tertiary/aromatic N) is 2. The van der Waals surface area contributed by atoms with E-state index in [0.717, 1.165) is 32.2 Å². The van der Waals surface area contributed by atoms with Gasteiger partial charge in [0.2, 0.25) is 5.91 Å². The maximum absolute atomic E-state index is 12.3. The van der Waals surface area contributed by atoms with E-state index in [4.69, 9.17) is 0 Å². The van der Waals surface area contributed by atoms with Crippen molar-refractivity contribution in [2.75, 3.05) is 26.7 Å². The van der Waals surface area contributed by atoms with Gasteiger partial charge in [0, 0.05) is 19.1 Å². The number of hydrogen-bond acceptors (Lipinski definition) is 3. The summed E-state index contributed by atoms with van der Waals surface area (Å²) >= 11 is 0. The molecule has 0 aliphatic carbocycles. The van der Waals surface area contributed by atoms with Crippen LogP contribution in [0.15, 0.2) is 0 Å². The highest BCUT2D eigenvalue weighted by Gasteiger charge is 2.26. The molecule has 1 N–H and O–H groups in total. The Hall–Kier alpha value is -0.610. The van der Waals surface area contributed by atoms with Gasteiger partial charge in [0.05, 0.1) is 13.2 Å². The lowest BCUT2D eigenvalue weighted by atomic mass is 10.0. The number of amides is 1. The van der Waals surface area contributed by atoms with E-state index in [-0.39, 0.29) is 24.6 Å². The quantitative estimate of drug-likeness (QED) is 0.799. The zero-order valence-electron chi connectivity index (χ0n) is 12.9. The van der Waals surface area contributed by atoms with Crippen molar-refractivity contribution < 1.29 is 9.90 Å². The van der Waals surface area contributed by atoms with Crippen molar-refractivity contribution in [2.45, 2.75) is 58.5 Å². The Morgan fingerprint density at radius 1 is 1.37 bits per heavy atom. The fourth-order valence-electron chi connectivity index (χ4n) is 2.85. The lowest BCUT2D eigenvalue weighted by molar-refractivity contribution is -0.134. The van der Waals surface area contributed by atoms with Crippen LogP contribution in [0, 0.1) is 5.92 Å². The highest BCUT2D eigenvalue weighted by Crippen LogP contribution is 2.17. The second kappa shape index (κ2) is 7.85. The predicted molar refractivity (Wildman–Crippen MR) is 78.0 cm³/mol. The highest BCUT2D eigenvalue weighted by molar-refractivity contribution is 5.78. The molecule has 1 heterocycles. The Labute approximate surface area is 117 Å². The van der Waals surface area contributed by atoms with Gasteiger partial charge in [-0.05, 0) is 38.6 Å². The maximum atomic E-state index is 12.3. The Balaban J connectivity index is 2.48. The zero-order chi connectivity index (χ0) is 14.4. The zero-order valence-corrected chi connectivity index (χ0v) is 12.9. The maximum Gasteiger partial charge on any atom is 0.236 e. The molecule has 1 amide bonds. The number of hydrogen-bond donors (Lipinski definition) is 1. The molecular formula is C15H30N2O2. The molecule has 2 unspecified atom stereocenters. The summed E-state index contributed by atoms with van der Waals surface area (Å²) in [5.74, 6) is 0.777. The molecule has 0 aromatic heterocycles. The first-order valence-electron chi connectivity index (χ1n) is 7.56. The molecule has 0 saturated carbocycles. The molecule has 4 heteroatoms. The van der Waals surface area contributed by atoms with Crippen LogP contribution in [0.1, 0.15) is 46.5 Å². The second-order valence-electron chi connectivity index (χ2n) is 6.29. The minimum absolute atomic E-state index is 0.165. The lowest BCUT2D eigenvalue weighted by Crippen LogP contribution is -2.49. The molecule has 2 atom stereocenters. The number of piperidine rings is 1. The summed E-state index contributed by atoms with van der Waals surface area (Å²) in [5, 5.41) is 9.37. The third-order valence-electron chi connectivity index (χ3n) is 4.17. The average Bonchev–Trinajstić information content (AvgIpc) is 2.37. The predicted octanol–water partition coefficient (Wildman–Crippen LogP) is 1.73. The van der Waals surface area contributed by atoms with E-state index in [2.05, 4.69) is 25.7 Å². The Bertz CT molecular complexity index is 281. The van der Waals surface area contributed by atoms with Gasteiger partial charge >= 0.3 is 0 Å². The van der Waals surface area contributed by atoms with Gasteiger partial charge in [-0.25, -0.2) is 0 Å². The van der Waals surface area contributed by atoms with E-state index in [9.17, 15) is 9.90 Å². The summed E-state index contributed by atoms with van der Waals surface area (Å²) in [6.45, 7) is 8.02. The van der Waals surface area contributed by atoms with Crippen molar-refractivity contribution in [3.63, 3.8) is 0 Å². The molecule has 1 fully saturated rings. The van der Waals surface area contributed by atoms with Crippen LogP contribution in [0.4, 0.5) is 0 Å². The molecule has 112 valence electrons.